The van der Waals surface area contributed by atoms with Gasteiger partial charge in [-0.15, -0.1) is 11.3 Å². The van der Waals surface area contributed by atoms with E-state index in [0.717, 1.165) is 23.2 Å². The minimum atomic E-state index is 0.0666. The van der Waals surface area contributed by atoms with Gasteiger partial charge in [0.05, 0.1) is 10.3 Å². The smallest absolute Gasteiger partial charge is 0.225 e. The summed E-state index contributed by atoms with van der Waals surface area (Å²) < 4.78 is 1.11. The summed E-state index contributed by atoms with van der Waals surface area (Å²) in [6.45, 7) is 6.13. The van der Waals surface area contributed by atoms with E-state index >= 15 is 0 Å². The molecule has 0 fully saturated rings. The van der Waals surface area contributed by atoms with Crippen LogP contribution >= 0.6 is 27.3 Å². The molecule has 1 aromatic rings. The molecule has 0 saturated heterocycles. The predicted molar refractivity (Wildman–Crippen MR) is 80.6 cm³/mol. The average Bonchev–Trinajstić information content (AvgIpc) is 2.77. The largest absolute Gasteiger partial charge is 0.338 e. The first-order chi connectivity index (χ1) is 8.58. The van der Waals surface area contributed by atoms with E-state index in [1.807, 2.05) is 24.8 Å². The van der Waals surface area contributed by atoms with Crippen LogP contribution in [0, 0.1) is 5.92 Å². The van der Waals surface area contributed by atoms with Gasteiger partial charge in [0.25, 0.3) is 0 Å². The fraction of sp³-hybridized carbons (Fsp3) is 0.615. The molecule has 5 heteroatoms. The van der Waals surface area contributed by atoms with Crippen molar-refractivity contribution in [1.82, 2.24) is 4.90 Å². The molecule has 0 aromatic carbocycles. The maximum atomic E-state index is 12.3. The molecular weight excluding hydrogens is 312 g/mol. The zero-order valence-electron chi connectivity index (χ0n) is 11.0. The second kappa shape index (κ2) is 7.92. The lowest BCUT2D eigenvalue weighted by Crippen LogP contribution is -2.34. The highest BCUT2D eigenvalue weighted by Crippen LogP contribution is 2.24. The first kappa shape index (κ1) is 15.7. The van der Waals surface area contributed by atoms with Crippen molar-refractivity contribution < 1.29 is 4.79 Å². The first-order valence-electron chi connectivity index (χ1n) is 6.31. The topological polar surface area (TPSA) is 46.3 Å². The van der Waals surface area contributed by atoms with Crippen molar-refractivity contribution in [2.24, 2.45) is 11.7 Å². The van der Waals surface area contributed by atoms with E-state index in [2.05, 4.69) is 22.0 Å². The van der Waals surface area contributed by atoms with Gasteiger partial charge >= 0.3 is 0 Å². The lowest BCUT2D eigenvalue weighted by atomic mass is 10.0. The normalized spacial score (nSPS) is 12.4. The fourth-order valence-corrected chi connectivity index (χ4v) is 3.33. The highest BCUT2D eigenvalue weighted by Gasteiger charge is 2.19. The summed E-state index contributed by atoms with van der Waals surface area (Å²) in [5.74, 6) is 0.298. The number of halogens is 1. The Labute approximate surface area is 121 Å². The number of amides is 1. The highest BCUT2D eigenvalue weighted by molar-refractivity contribution is 9.11. The van der Waals surface area contributed by atoms with Crippen molar-refractivity contribution in [3.63, 3.8) is 0 Å². The SMILES string of the molecule is CCN(Cc1ccc(Br)s1)C(=O)C(C)CCCN. The molecule has 1 atom stereocenters. The van der Waals surface area contributed by atoms with Crippen LogP contribution in [0.3, 0.4) is 0 Å². The van der Waals surface area contributed by atoms with Crippen LogP contribution in [0.2, 0.25) is 0 Å². The summed E-state index contributed by atoms with van der Waals surface area (Å²) in [4.78, 5) is 15.4. The lowest BCUT2D eigenvalue weighted by Gasteiger charge is -2.23. The predicted octanol–water partition coefficient (Wildman–Crippen LogP) is 3.23. The second-order valence-corrected chi connectivity index (χ2v) is 6.94. The van der Waals surface area contributed by atoms with Crippen LogP contribution in [0.5, 0.6) is 0 Å². The van der Waals surface area contributed by atoms with E-state index in [0.29, 0.717) is 13.1 Å². The van der Waals surface area contributed by atoms with Gasteiger partial charge in [0.2, 0.25) is 5.91 Å². The molecule has 3 nitrogen and oxygen atoms in total. The summed E-state index contributed by atoms with van der Waals surface area (Å²) in [7, 11) is 0. The lowest BCUT2D eigenvalue weighted by molar-refractivity contribution is -0.135. The van der Waals surface area contributed by atoms with Gasteiger partial charge in [0.15, 0.2) is 0 Å². The average molecular weight is 333 g/mol. The Morgan fingerprint density at radius 1 is 1.56 bits per heavy atom. The number of hydrogen-bond acceptors (Lipinski definition) is 3. The van der Waals surface area contributed by atoms with E-state index in [4.69, 9.17) is 5.73 Å². The molecule has 0 aliphatic rings. The third-order valence-electron chi connectivity index (χ3n) is 2.93. The standard InChI is InChI=1S/C13H21BrN2OS/c1-3-16(9-11-6-7-12(14)18-11)13(17)10(2)5-4-8-15/h6-7,10H,3-5,8-9,15H2,1-2H3. The van der Waals surface area contributed by atoms with Crippen molar-refractivity contribution in [2.75, 3.05) is 13.1 Å². The minimum Gasteiger partial charge on any atom is -0.338 e. The van der Waals surface area contributed by atoms with Gasteiger partial charge in [-0.05, 0) is 54.4 Å². The van der Waals surface area contributed by atoms with Gasteiger partial charge in [0, 0.05) is 17.3 Å². The Balaban J connectivity index is 2.57. The molecule has 0 radical (unpaired) electrons. The Morgan fingerprint density at radius 2 is 2.28 bits per heavy atom. The monoisotopic (exact) mass is 332 g/mol. The van der Waals surface area contributed by atoms with Gasteiger partial charge < -0.3 is 10.6 Å². The van der Waals surface area contributed by atoms with Gasteiger partial charge in [-0.2, -0.15) is 0 Å². The van der Waals surface area contributed by atoms with Crippen molar-refractivity contribution in [3.8, 4) is 0 Å². The molecule has 0 aliphatic carbocycles. The Bertz CT molecular complexity index is 381. The molecule has 1 amide bonds. The van der Waals surface area contributed by atoms with E-state index in [9.17, 15) is 4.79 Å². The van der Waals surface area contributed by atoms with Crippen LogP contribution in [0.25, 0.3) is 0 Å². The maximum Gasteiger partial charge on any atom is 0.225 e. The molecule has 1 rings (SSSR count). The second-order valence-electron chi connectivity index (χ2n) is 4.39. The van der Waals surface area contributed by atoms with E-state index in [1.165, 1.54) is 4.88 Å². The van der Waals surface area contributed by atoms with Crippen LogP contribution in [0.1, 0.15) is 31.6 Å². The van der Waals surface area contributed by atoms with Gasteiger partial charge in [-0.3, -0.25) is 4.79 Å². The zero-order valence-corrected chi connectivity index (χ0v) is 13.4. The van der Waals surface area contributed by atoms with Crippen LogP contribution in [-0.4, -0.2) is 23.9 Å². The molecule has 0 bridgehead atoms. The zero-order chi connectivity index (χ0) is 13.5. The molecule has 0 spiro atoms. The molecule has 18 heavy (non-hydrogen) atoms. The number of hydrogen-bond donors (Lipinski definition) is 1. The van der Waals surface area contributed by atoms with E-state index < -0.39 is 0 Å². The number of carbonyl (C=O) groups is 1. The van der Waals surface area contributed by atoms with Gasteiger partial charge in [-0.1, -0.05) is 6.92 Å². The van der Waals surface area contributed by atoms with Crippen LogP contribution in [-0.2, 0) is 11.3 Å². The van der Waals surface area contributed by atoms with E-state index in [1.54, 1.807) is 11.3 Å². The van der Waals surface area contributed by atoms with Crippen LogP contribution < -0.4 is 5.73 Å². The number of nitrogens with zero attached hydrogens (tertiary/aromatic N) is 1. The van der Waals surface area contributed by atoms with Gasteiger partial charge in [0.1, 0.15) is 0 Å². The minimum absolute atomic E-state index is 0.0666. The summed E-state index contributed by atoms with van der Waals surface area (Å²) in [5.41, 5.74) is 5.48. The van der Waals surface area contributed by atoms with Crippen molar-refractivity contribution in [2.45, 2.75) is 33.2 Å². The molecule has 1 unspecified atom stereocenters. The number of thiophene rings is 1. The van der Waals surface area contributed by atoms with Crippen LogP contribution in [0.4, 0.5) is 0 Å². The Morgan fingerprint density at radius 3 is 2.78 bits per heavy atom. The summed E-state index contributed by atoms with van der Waals surface area (Å²) in [6.07, 6.45) is 1.79. The van der Waals surface area contributed by atoms with Gasteiger partial charge in [-0.25, -0.2) is 0 Å². The fourth-order valence-electron chi connectivity index (χ4n) is 1.83. The third kappa shape index (κ3) is 4.71. The van der Waals surface area contributed by atoms with Crippen molar-refractivity contribution in [3.05, 3.63) is 20.8 Å². The Kier molecular flexibility index (Phi) is 6.89. The quantitative estimate of drug-likeness (QED) is 0.833. The molecule has 2 N–H and O–H groups in total. The molecule has 102 valence electrons. The molecular formula is C13H21BrN2OS. The molecule has 0 aliphatic heterocycles. The first-order valence-corrected chi connectivity index (χ1v) is 7.92. The molecule has 1 aromatic heterocycles. The summed E-state index contributed by atoms with van der Waals surface area (Å²) in [5, 5.41) is 0. The molecule has 0 saturated carbocycles. The van der Waals surface area contributed by atoms with Crippen LogP contribution in [0.15, 0.2) is 15.9 Å². The third-order valence-corrected chi connectivity index (χ3v) is 4.54. The summed E-state index contributed by atoms with van der Waals surface area (Å²) >= 11 is 5.13. The molecule has 1 heterocycles. The van der Waals surface area contributed by atoms with E-state index in [-0.39, 0.29) is 11.8 Å². The number of nitrogens with two attached hydrogens (primary N) is 1. The highest BCUT2D eigenvalue weighted by atomic mass is 79.9. The number of carbonyl (C=O) groups excluding carboxylic acids is 1. The van der Waals surface area contributed by atoms with Crippen molar-refractivity contribution in [1.29, 1.82) is 0 Å². The van der Waals surface area contributed by atoms with Crippen molar-refractivity contribution >= 4 is 33.2 Å². The summed E-state index contributed by atoms with van der Waals surface area (Å²) in [6, 6.07) is 4.09. The maximum absolute atomic E-state index is 12.3. The Hall–Kier alpha value is -0.390. The number of rotatable bonds is 7.